The van der Waals surface area contributed by atoms with Crippen LogP contribution in [0.2, 0.25) is 0 Å². The lowest BCUT2D eigenvalue weighted by Crippen LogP contribution is -1.87. The second kappa shape index (κ2) is 55.2. The Morgan fingerprint density at radius 3 is 0.688 bits per heavy atom. The third kappa shape index (κ3) is 27.8. The van der Waals surface area contributed by atoms with E-state index in [0.717, 1.165) is 0 Å². The van der Waals surface area contributed by atoms with E-state index in [-0.39, 0.29) is 0 Å². The minimum absolute atomic E-state index is 1.32. The smallest absolute Gasteiger partial charge is 0.0103 e. The summed E-state index contributed by atoms with van der Waals surface area (Å²) in [6.45, 7) is 66.7. The summed E-state index contributed by atoms with van der Waals surface area (Å²) in [7, 11) is 0. The molecule has 0 aliphatic rings. The maximum atomic E-state index is 2.30. The number of hydrogen-bond acceptors (Lipinski definition) is 0. The number of rotatable bonds is 0. The highest BCUT2D eigenvalue weighted by Gasteiger charge is 2.10. The molecule has 0 aliphatic carbocycles. The van der Waals surface area contributed by atoms with Crippen molar-refractivity contribution in [1.29, 1.82) is 0 Å². The second-order valence-corrected chi connectivity index (χ2v) is 30.7. The van der Waals surface area contributed by atoms with Gasteiger partial charge in [0.1, 0.15) is 0 Å². The zero-order valence-corrected chi connectivity index (χ0v) is 84.3. The van der Waals surface area contributed by atoms with Gasteiger partial charge in [-0.3, -0.25) is 0 Å². The first-order valence-corrected chi connectivity index (χ1v) is 47.5. The Morgan fingerprint density at radius 1 is 0.0938 bits per heavy atom. The van der Waals surface area contributed by atoms with Crippen molar-refractivity contribution in [2.45, 2.75) is 222 Å². The third-order valence-corrected chi connectivity index (χ3v) is 23.3. The molecule has 0 fully saturated rings. The van der Waals surface area contributed by atoms with Crippen LogP contribution < -0.4 is 0 Å². The SMILES string of the molecule is CC.CC.CC.CC.CC.CC.CC.CC.Cc1c(C)c2ccccc2c2ccccc12.Cc1cc2cc3ccccc3cc2cc1C.Cc1cc2ccc3ccccc3c2cc1C.Cc1cc2ccccc2cc1C.Cc1ccc2c(ccc3ccccc32)c1C.Cc1ccc2cc3ccccc3cc2c1C.Cc1ccc2ccccc2c1C.Cc1ccccc1C. The van der Waals surface area contributed by atoms with Gasteiger partial charge in [-0.05, 0) is 353 Å². The van der Waals surface area contributed by atoms with Gasteiger partial charge in [-0.15, -0.1) is 0 Å². The van der Waals surface area contributed by atoms with Crippen molar-refractivity contribution in [2.75, 3.05) is 0 Å². The normalized spacial score (nSPS) is 9.88. The average Bonchev–Trinajstić information content (AvgIpc) is 0.755. The van der Waals surface area contributed by atoms with Gasteiger partial charge < -0.3 is 0 Å². The van der Waals surface area contributed by atoms with E-state index in [9.17, 15) is 0 Å². The van der Waals surface area contributed by atoms with E-state index < -0.39 is 0 Å². The van der Waals surface area contributed by atoms with E-state index in [4.69, 9.17) is 0 Å². The Bertz CT molecular complexity index is 6520. The Hall–Kier alpha value is -12.5. The van der Waals surface area contributed by atoms with E-state index in [1.165, 1.54) is 218 Å². The van der Waals surface area contributed by atoms with Crippen LogP contribution in [0.3, 0.4) is 0 Å². The summed E-state index contributed by atoms with van der Waals surface area (Å²) in [5.74, 6) is 0. The summed E-state index contributed by atoms with van der Waals surface area (Å²) in [5, 5.41) is 32.3. The van der Waals surface area contributed by atoms with Crippen LogP contribution in [-0.4, -0.2) is 0 Å². The van der Waals surface area contributed by atoms with Crippen LogP contribution in [0.25, 0.3) is 129 Å². The largest absolute Gasteiger partial charge is 0.0683 e. The van der Waals surface area contributed by atoms with Crippen molar-refractivity contribution in [3.63, 3.8) is 0 Å². The molecule has 0 atom stereocenters. The number of hydrogen-bond donors (Lipinski definition) is 0. The van der Waals surface area contributed by atoms with Gasteiger partial charge in [0.2, 0.25) is 0 Å². The predicted molar refractivity (Wildman–Crippen MR) is 588 cm³/mol. The standard InChI is InChI=1S/5C16H14.2C12H12.C8H10.8C2H6/c1-11-12(2)14-8-4-6-10-16(14)15-9-5-3-7-13(11)15;1-11-7-15-9-13-5-3-4-6-14(13)10-16(15)8-12(11)2;1-11-7-9-16-14(12(11)2)10-8-13-5-3-4-6-15(13)16;1-11-9-14-8-7-13-5-3-4-6-15(13)16(14)10-12(11)2;1-11-7-8-15-9-13-5-3-4-6-14(13)10-16(15)12(11)2;1-9-7-11-5-3-4-6-12(11)8-10(9)2;1-9-7-8-11-5-3-4-6-12(11)10(9)2;1-7-5-3-4-6-8(7)2;8*1-2/h5*3-10H,1-2H3;2*3-8H,1-2H3;3-6H,1-2H3;8*1-2H3. The molecule has 664 valence electrons. The quantitative estimate of drug-likeness (QED) is 0.105. The summed E-state index contributed by atoms with van der Waals surface area (Å²) in [5.41, 5.74) is 22.0. The molecule has 0 heterocycles. The molecule has 0 aromatic heterocycles. The summed E-state index contributed by atoms with van der Waals surface area (Å²) in [6, 6.07) is 122. The summed E-state index contributed by atoms with van der Waals surface area (Å²) < 4.78 is 0. The topological polar surface area (TPSA) is 0 Å². The van der Waals surface area contributed by atoms with Gasteiger partial charge in [-0.1, -0.05) is 426 Å². The molecule has 0 radical (unpaired) electrons. The number of benzene rings is 20. The van der Waals surface area contributed by atoms with Crippen molar-refractivity contribution in [1.82, 2.24) is 0 Å². The molecular weight excluding hydrogens is 1540 g/mol. The summed E-state index contributed by atoms with van der Waals surface area (Å²) in [4.78, 5) is 0. The van der Waals surface area contributed by atoms with Crippen LogP contribution in [0, 0.1) is 111 Å². The second-order valence-electron chi connectivity index (χ2n) is 30.7. The molecule has 0 N–H and O–H groups in total. The summed E-state index contributed by atoms with van der Waals surface area (Å²) >= 11 is 0. The first-order valence-electron chi connectivity index (χ1n) is 47.5. The van der Waals surface area contributed by atoms with Crippen LogP contribution >= 0.6 is 0 Å². The molecular formula is C128H152. The van der Waals surface area contributed by atoms with Gasteiger partial charge in [0, 0.05) is 0 Å². The van der Waals surface area contributed by atoms with Gasteiger partial charge in [-0.25, -0.2) is 0 Å². The Balaban J connectivity index is 0.000000255. The molecule has 0 aliphatic heterocycles. The van der Waals surface area contributed by atoms with Crippen LogP contribution in [0.1, 0.15) is 200 Å². The number of aryl methyl sites for hydroxylation is 16. The molecule has 0 unspecified atom stereocenters. The van der Waals surface area contributed by atoms with Crippen LogP contribution in [0.4, 0.5) is 0 Å². The zero-order chi connectivity index (χ0) is 94.7. The van der Waals surface area contributed by atoms with E-state index >= 15 is 0 Å². The molecule has 20 aromatic carbocycles. The molecule has 128 heavy (non-hydrogen) atoms. The van der Waals surface area contributed by atoms with E-state index in [1.54, 1.807) is 0 Å². The minimum atomic E-state index is 1.32. The third-order valence-electron chi connectivity index (χ3n) is 23.3. The first-order chi connectivity index (χ1) is 62.2. The van der Waals surface area contributed by atoms with Gasteiger partial charge in [0.05, 0.1) is 0 Å². The first kappa shape index (κ1) is 106. The fourth-order valence-corrected chi connectivity index (χ4v) is 15.3. The Morgan fingerprint density at radius 2 is 0.297 bits per heavy atom. The lowest BCUT2D eigenvalue weighted by Gasteiger charge is -2.11. The average molecular weight is 1690 g/mol. The molecule has 0 amide bonds. The highest BCUT2D eigenvalue weighted by atomic mass is 14.1. The van der Waals surface area contributed by atoms with Gasteiger partial charge in [-0.2, -0.15) is 0 Å². The van der Waals surface area contributed by atoms with Gasteiger partial charge >= 0.3 is 0 Å². The lowest BCUT2D eigenvalue weighted by molar-refractivity contribution is 1.34. The zero-order valence-electron chi connectivity index (χ0n) is 84.3. The van der Waals surface area contributed by atoms with Crippen molar-refractivity contribution in [3.05, 3.63) is 429 Å². The van der Waals surface area contributed by atoms with E-state index in [0.29, 0.717) is 0 Å². The van der Waals surface area contributed by atoms with E-state index in [2.05, 4.69) is 450 Å². The molecule has 0 saturated carbocycles. The molecule has 0 spiro atoms. The highest BCUT2D eigenvalue weighted by molar-refractivity contribution is 6.12. The monoisotopic (exact) mass is 1690 g/mol. The molecule has 0 saturated heterocycles. The fraction of sp³-hybridized carbons (Fsp3) is 0.250. The summed E-state index contributed by atoms with van der Waals surface area (Å²) in [6.07, 6.45) is 0. The fourth-order valence-electron chi connectivity index (χ4n) is 15.3. The lowest BCUT2D eigenvalue weighted by atomic mass is 9.93. The molecule has 20 aromatic rings. The molecule has 0 nitrogen and oxygen atoms in total. The molecule has 20 rings (SSSR count). The van der Waals surface area contributed by atoms with E-state index in [1.807, 2.05) is 111 Å². The maximum Gasteiger partial charge on any atom is -0.0103 e. The number of fused-ring (bicyclic) bond motifs is 15. The van der Waals surface area contributed by atoms with Crippen molar-refractivity contribution in [3.8, 4) is 0 Å². The predicted octanol–water partition coefficient (Wildman–Crippen LogP) is 40.5. The van der Waals surface area contributed by atoms with Gasteiger partial charge in [0.25, 0.3) is 0 Å². The van der Waals surface area contributed by atoms with Crippen LogP contribution in [0.15, 0.2) is 340 Å². The van der Waals surface area contributed by atoms with Gasteiger partial charge in [0.15, 0.2) is 0 Å². The minimum Gasteiger partial charge on any atom is -0.0683 e. The molecule has 0 bridgehead atoms. The highest BCUT2D eigenvalue weighted by Crippen LogP contribution is 2.35. The Kier molecular flexibility index (Phi) is 45.7. The van der Waals surface area contributed by atoms with Crippen molar-refractivity contribution in [2.24, 2.45) is 0 Å². The molecule has 0 heteroatoms. The van der Waals surface area contributed by atoms with Crippen LogP contribution in [-0.2, 0) is 0 Å². The van der Waals surface area contributed by atoms with Crippen molar-refractivity contribution < 1.29 is 0 Å². The Labute approximate surface area is 774 Å². The maximum absolute atomic E-state index is 2.30. The van der Waals surface area contributed by atoms with Crippen LogP contribution in [0.5, 0.6) is 0 Å². The van der Waals surface area contributed by atoms with Crippen molar-refractivity contribution >= 4 is 129 Å².